The molecule has 0 aliphatic heterocycles. The molecule has 0 unspecified atom stereocenters. The first-order valence-corrected chi connectivity index (χ1v) is 6.85. The Morgan fingerprint density at radius 2 is 2.30 bits per heavy atom. The van der Waals surface area contributed by atoms with E-state index in [4.69, 9.17) is 16.7 Å². The van der Waals surface area contributed by atoms with Crippen LogP contribution in [0.25, 0.3) is 0 Å². The number of aliphatic hydroxyl groups is 1. The molecule has 0 heterocycles. The van der Waals surface area contributed by atoms with E-state index in [0.29, 0.717) is 17.9 Å². The fraction of sp³-hybridized carbons (Fsp3) is 0.400. The summed E-state index contributed by atoms with van der Waals surface area (Å²) in [6.45, 7) is 0. The molecule has 0 aromatic heterocycles. The summed E-state index contributed by atoms with van der Waals surface area (Å²) >= 11 is 5.88. The largest absolute Gasteiger partial charge is 0.465 e. The number of carbonyl (C=O) groups is 1. The maximum absolute atomic E-state index is 10.7. The Morgan fingerprint density at radius 1 is 1.50 bits per heavy atom. The molecule has 1 aliphatic carbocycles. The van der Waals surface area contributed by atoms with Gasteiger partial charge in [-0.2, -0.15) is 0 Å². The van der Waals surface area contributed by atoms with Crippen molar-refractivity contribution in [2.75, 3.05) is 0 Å². The van der Waals surface area contributed by atoms with Crippen molar-refractivity contribution < 1.29 is 15.0 Å². The minimum Gasteiger partial charge on any atom is -0.465 e. The molecule has 2 atom stereocenters. The van der Waals surface area contributed by atoms with Gasteiger partial charge in [0.25, 0.3) is 0 Å². The molecule has 1 fully saturated rings. The zero-order valence-corrected chi connectivity index (χ0v) is 11.7. The first-order chi connectivity index (χ1) is 9.47. The summed E-state index contributed by atoms with van der Waals surface area (Å²) in [4.78, 5) is 10.7. The molecular weight excluding hydrogens is 278 g/mol. The fourth-order valence-electron chi connectivity index (χ4n) is 2.42. The Labute approximate surface area is 122 Å². The molecule has 0 saturated heterocycles. The Morgan fingerprint density at radius 3 is 3.00 bits per heavy atom. The fourth-order valence-corrected chi connectivity index (χ4v) is 2.61. The Kier molecular flexibility index (Phi) is 4.53. The lowest BCUT2D eigenvalue weighted by molar-refractivity contribution is 0.0470. The van der Waals surface area contributed by atoms with E-state index in [1.54, 1.807) is 18.2 Å². The second-order valence-corrected chi connectivity index (χ2v) is 5.47. The highest BCUT2D eigenvalue weighted by molar-refractivity contribution is 6.30. The van der Waals surface area contributed by atoms with E-state index < -0.39 is 11.7 Å². The van der Waals surface area contributed by atoms with Gasteiger partial charge in [0.15, 0.2) is 0 Å². The van der Waals surface area contributed by atoms with Gasteiger partial charge < -0.3 is 15.5 Å². The van der Waals surface area contributed by atoms with Gasteiger partial charge >= 0.3 is 6.09 Å². The first-order valence-electron chi connectivity index (χ1n) is 6.47. The van der Waals surface area contributed by atoms with Gasteiger partial charge in [0.05, 0.1) is 0 Å². The number of carboxylic acid groups (broad SMARTS) is 1. The van der Waals surface area contributed by atoms with E-state index in [9.17, 15) is 9.90 Å². The second-order valence-electron chi connectivity index (χ2n) is 5.03. The van der Waals surface area contributed by atoms with Crippen molar-refractivity contribution in [2.24, 2.45) is 0 Å². The molecule has 0 radical (unpaired) electrons. The normalized spacial score (nSPS) is 25.4. The van der Waals surface area contributed by atoms with Gasteiger partial charge in [0, 0.05) is 23.0 Å². The van der Waals surface area contributed by atoms with E-state index in [1.165, 1.54) is 0 Å². The number of hydrogen-bond donors (Lipinski definition) is 3. The van der Waals surface area contributed by atoms with Crippen molar-refractivity contribution in [1.29, 1.82) is 0 Å². The molecular formula is C15H16ClNO3. The molecule has 1 amide bonds. The van der Waals surface area contributed by atoms with E-state index in [1.807, 2.05) is 6.07 Å². The summed E-state index contributed by atoms with van der Waals surface area (Å²) in [7, 11) is 0. The van der Waals surface area contributed by atoms with Gasteiger partial charge in [-0.15, -0.1) is 0 Å². The van der Waals surface area contributed by atoms with Gasteiger partial charge in [-0.25, -0.2) is 4.79 Å². The van der Waals surface area contributed by atoms with Crippen LogP contribution in [0.5, 0.6) is 0 Å². The lowest BCUT2D eigenvalue weighted by atomic mass is 9.82. The Bertz CT molecular complexity index is 564. The van der Waals surface area contributed by atoms with Crippen LogP contribution in [-0.4, -0.2) is 27.9 Å². The number of halogens is 1. The third-order valence-electron chi connectivity index (χ3n) is 3.32. The van der Waals surface area contributed by atoms with Crippen LogP contribution in [0.4, 0.5) is 4.79 Å². The second kappa shape index (κ2) is 6.17. The number of nitrogens with one attached hydrogen (secondary N) is 1. The van der Waals surface area contributed by atoms with Gasteiger partial charge in [-0.05, 0) is 37.5 Å². The third kappa shape index (κ3) is 4.16. The van der Waals surface area contributed by atoms with Crippen molar-refractivity contribution in [1.82, 2.24) is 5.32 Å². The van der Waals surface area contributed by atoms with Crippen LogP contribution in [0.3, 0.4) is 0 Å². The van der Waals surface area contributed by atoms with Crippen LogP contribution in [0, 0.1) is 11.8 Å². The van der Waals surface area contributed by atoms with Gasteiger partial charge in [0.1, 0.15) is 5.60 Å². The average Bonchev–Trinajstić information content (AvgIpc) is 2.36. The molecule has 0 spiro atoms. The Hall–Kier alpha value is -1.70. The predicted molar refractivity (Wildman–Crippen MR) is 76.7 cm³/mol. The van der Waals surface area contributed by atoms with Gasteiger partial charge in [-0.1, -0.05) is 29.5 Å². The van der Waals surface area contributed by atoms with Crippen molar-refractivity contribution in [3.63, 3.8) is 0 Å². The van der Waals surface area contributed by atoms with E-state index in [-0.39, 0.29) is 6.04 Å². The van der Waals surface area contributed by atoms with Crippen LogP contribution < -0.4 is 5.32 Å². The average molecular weight is 294 g/mol. The SMILES string of the molecule is O=C(O)N[C@@H]1CCC[C@](O)(C#Cc2cccc(Cl)c2)C1. The minimum atomic E-state index is -1.15. The van der Waals surface area contributed by atoms with Crippen LogP contribution in [0.1, 0.15) is 31.2 Å². The summed E-state index contributed by atoms with van der Waals surface area (Å²) in [6.07, 6.45) is 1.27. The van der Waals surface area contributed by atoms with Crippen molar-refractivity contribution in [3.8, 4) is 11.8 Å². The van der Waals surface area contributed by atoms with Crippen LogP contribution in [0.2, 0.25) is 5.02 Å². The zero-order valence-electron chi connectivity index (χ0n) is 10.9. The molecule has 1 aromatic carbocycles. The lowest BCUT2D eigenvalue weighted by Crippen LogP contribution is -2.44. The van der Waals surface area contributed by atoms with Gasteiger partial charge in [-0.3, -0.25) is 0 Å². The van der Waals surface area contributed by atoms with Gasteiger partial charge in [0.2, 0.25) is 0 Å². The number of amides is 1. The third-order valence-corrected chi connectivity index (χ3v) is 3.55. The maximum Gasteiger partial charge on any atom is 0.404 e. The highest BCUT2D eigenvalue weighted by Crippen LogP contribution is 2.28. The standard InChI is InChI=1S/C15H16ClNO3/c16-12-4-1-3-11(9-12)6-8-15(20)7-2-5-13(10-15)17-14(18)19/h1,3-4,9,13,17,20H,2,5,7,10H2,(H,18,19)/t13-,15+/m1/s1. The summed E-state index contributed by atoms with van der Waals surface area (Å²) in [5.41, 5.74) is -0.410. The first kappa shape index (κ1) is 14.7. The minimum absolute atomic E-state index is 0.250. The molecule has 2 rings (SSSR count). The van der Waals surface area contributed by atoms with Crippen LogP contribution in [-0.2, 0) is 0 Å². The summed E-state index contributed by atoms with van der Waals surface area (Å²) in [5.74, 6) is 5.77. The highest BCUT2D eigenvalue weighted by Gasteiger charge is 2.33. The quantitative estimate of drug-likeness (QED) is 0.697. The molecule has 20 heavy (non-hydrogen) atoms. The van der Waals surface area contributed by atoms with Crippen LogP contribution in [0.15, 0.2) is 24.3 Å². The monoisotopic (exact) mass is 293 g/mol. The Balaban J connectivity index is 2.09. The molecule has 4 nitrogen and oxygen atoms in total. The summed E-state index contributed by atoms with van der Waals surface area (Å²) in [6, 6.07) is 6.85. The zero-order chi connectivity index (χ0) is 14.6. The van der Waals surface area contributed by atoms with E-state index >= 15 is 0 Å². The number of benzene rings is 1. The van der Waals surface area contributed by atoms with E-state index in [0.717, 1.165) is 18.4 Å². The molecule has 3 N–H and O–H groups in total. The molecule has 5 heteroatoms. The van der Waals surface area contributed by atoms with Crippen molar-refractivity contribution in [3.05, 3.63) is 34.9 Å². The molecule has 106 valence electrons. The number of rotatable bonds is 1. The smallest absolute Gasteiger partial charge is 0.404 e. The molecule has 1 aliphatic rings. The summed E-state index contributed by atoms with van der Waals surface area (Å²) < 4.78 is 0. The molecule has 1 aromatic rings. The topological polar surface area (TPSA) is 69.6 Å². The molecule has 1 saturated carbocycles. The van der Waals surface area contributed by atoms with E-state index in [2.05, 4.69) is 17.2 Å². The lowest BCUT2D eigenvalue weighted by Gasteiger charge is -2.32. The van der Waals surface area contributed by atoms with Crippen LogP contribution >= 0.6 is 11.6 Å². The highest BCUT2D eigenvalue weighted by atomic mass is 35.5. The van der Waals surface area contributed by atoms with Crippen molar-refractivity contribution >= 4 is 17.7 Å². The number of hydrogen-bond acceptors (Lipinski definition) is 2. The maximum atomic E-state index is 10.7. The molecule has 0 bridgehead atoms. The van der Waals surface area contributed by atoms with Crippen molar-refractivity contribution in [2.45, 2.75) is 37.3 Å². The summed E-state index contributed by atoms with van der Waals surface area (Å²) in [5, 5.41) is 22.2. The predicted octanol–water partition coefficient (Wildman–Crippen LogP) is 2.63.